The maximum absolute atomic E-state index is 11.9. The monoisotopic (exact) mass is 309 g/mol. The van der Waals surface area contributed by atoms with E-state index in [9.17, 15) is 14.7 Å². The van der Waals surface area contributed by atoms with Crippen LogP contribution in [-0.2, 0) is 11.2 Å². The molecule has 4 atom stereocenters. The van der Waals surface area contributed by atoms with Crippen LogP contribution in [0, 0.1) is 17.8 Å². The number of carboxylic acid groups (broad SMARTS) is 1. The van der Waals surface area contributed by atoms with Crippen LogP contribution in [0.1, 0.15) is 25.0 Å². The topological polar surface area (TPSA) is 91.3 Å². The third-order valence-electron chi connectivity index (χ3n) is 4.65. The van der Waals surface area contributed by atoms with Crippen molar-refractivity contribution >= 4 is 23.3 Å². The highest BCUT2D eigenvalue weighted by molar-refractivity contribution is 7.07. The molecule has 1 heterocycles. The van der Waals surface area contributed by atoms with Gasteiger partial charge < -0.3 is 15.7 Å². The first-order chi connectivity index (χ1) is 10.1. The largest absolute Gasteiger partial charge is 0.481 e. The standard InChI is InChI=1S/C14H19N3O3S/c18-13(19)11-8-1-2-9(5-8)12(11)17-14(20)15-4-3-10-6-21-7-16-10/h6-9,11-12H,1-5H2,(H,18,19)(H2,15,17,20). The summed E-state index contributed by atoms with van der Waals surface area (Å²) in [5.41, 5.74) is 2.73. The van der Waals surface area contributed by atoms with Crippen molar-refractivity contribution in [1.29, 1.82) is 0 Å². The average Bonchev–Trinajstić information content (AvgIpc) is 3.14. The minimum absolute atomic E-state index is 0.222. The van der Waals surface area contributed by atoms with Crippen LogP contribution >= 0.6 is 11.3 Å². The number of hydrogen-bond donors (Lipinski definition) is 3. The van der Waals surface area contributed by atoms with Crippen molar-refractivity contribution < 1.29 is 14.7 Å². The van der Waals surface area contributed by atoms with Crippen LogP contribution < -0.4 is 10.6 Å². The van der Waals surface area contributed by atoms with E-state index in [1.54, 1.807) is 5.51 Å². The highest BCUT2D eigenvalue weighted by Gasteiger charge is 2.51. The minimum Gasteiger partial charge on any atom is -0.481 e. The molecule has 6 nitrogen and oxygen atoms in total. The first kappa shape index (κ1) is 14.3. The number of thiazole rings is 1. The number of carboxylic acids is 1. The Morgan fingerprint density at radius 2 is 2.19 bits per heavy atom. The summed E-state index contributed by atoms with van der Waals surface area (Å²) >= 11 is 1.53. The second-order valence-electron chi connectivity index (χ2n) is 5.85. The predicted molar refractivity (Wildman–Crippen MR) is 78.1 cm³/mol. The first-order valence-electron chi connectivity index (χ1n) is 7.29. The van der Waals surface area contributed by atoms with Gasteiger partial charge in [-0.3, -0.25) is 4.79 Å². The number of urea groups is 1. The summed E-state index contributed by atoms with van der Waals surface area (Å²) in [5.74, 6) is -0.656. The van der Waals surface area contributed by atoms with Crippen LogP contribution in [-0.4, -0.2) is 34.7 Å². The van der Waals surface area contributed by atoms with Crippen LogP contribution in [0.15, 0.2) is 10.9 Å². The lowest BCUT2D eigenvalue weighted by molar-refractivity contribution is -0.144. The molecule has 3 N–H and O–H groups in total. The van der Waals surface area contributed by atoms with Crippen molar-refractivity contribution in [2.45, 2.75) is 31.7 Å². The van der Waals surface area contributed by atoms with E-state index in [0.29, 0.717) is 18.9 Å². The fourth-order valence-electron chi connectivity index (χ4n) is 3.72. The number of aliphatic carboxylic acids is 1. The Labute approximate surface area is 127 Å². The van der Waals surface area contributed by atoms with Crippen molar-refractivity contribution in [3.05, 3.63) is 16.6 Å². The van der Waals surface area contributed by atoms with Gasteiger partial charge in [-0.15, -0.1) is 11.3 Å². The van der Waals surface area contributed by atoms with Crippen LogP contribution in [0.3, 0.4) is 0 Å². The van der Waals surface area contributed by atoms with E-state index < -0.39 is 11.9 Å². The SMILES string of the molecule is O=C(NCCc1cscn1)NC1C2CCC(C2)C1C(=O)O. The van der Waals surface area contributed by atoms with Gasteiger partial charge in [0.1, 0.15) is 0 Å². The van der Waals surface area contributed by atoms with Gasteiger partial charge in [0.2, 0.25) is 0 Å². The number of fused-ring (bicyclic) bond motifs is 2. The maximum Gasteiger partial charge on any atom is 0.315 e. The molecule has 1 aromatic rings. The summed E-state index contributed by atoms with van der Waals surface area (Å²) in [7, 11) is 0. The smallest absolute Gasteiger partial charge is 0.315 e. The lowest BCUT2D eigenvalue weighted by atomic mass is 9.84. The number of aromatic nitrogens is 1. The van der Waals surface area contributed by atoms with Crippen molar-refractivity contribution in [2.24, 2.45) is 17.8 Å². The number of nitrogens with one attached hydrogen (secondary N) is 2. The summed E-state index contributed by atoms with van der Waals surface area (Å²) in [5, 5.41) is 17.0. The van der Waals surface area contributed by atoms with Crippen LogP contribution in [0.4, 0.5) is 4.79 Å². The molecule has 0 aromatic carbocycles. The van der Waals surface area contributed by atoms with Gasteiger partial charge in [0.05, 0.1) is 17.1 Å². The molecule has 7 heteroatoms. The number of carbonyl (C=O) groups is 2. The van der Waals surface area contributed by atoms with Crippen LogP contribution in [0.25, 0.3) is 0 Å². The third-order valence-corrected chi connectivity index (χ3v) is 5.28. The van der Waals surface area contributed by atoms with Crippen molar-refractivity contribution in [2.75, 3.05) is 6.54 Å². The number of amides is 2. The molecule has 0 saturated heterocycles. The van der Waals surface area contributed by atoms with Crippen LogP contribution in [0.2, 0.25) is 0 Å². The molecule has 1 aromatic heterocycles. The predicted octanol–water partition coefficient (Wildman–Crippen LogP) is 1.48. The number of rotatable bonds is 5. The highest BCUT2D eigenvalue weighted by Crippen LogP contribution is 2.48. The summed E-state index contributed by atoms with van der Waals surface area (Å²) < 4.78 is 0. The molecule has 3 rings (SSSR count). The second kappa shape index (κ2) is 6.01. The zero-order valence-electron chi connectivity index (χ0n) is 11.6. The van der Waals surface area contributed by atoms with E-state index in [2.05, 4.69) is 15.6 Å². The Hall–Kier alpha value is -1.63. The molecule has 0 radical (unpaired) electrons. The highest BCUT2D eigenvalue weighted by atomic mass is 32.1. The Morgan fingerprint density at radius 1 is 1.38 bits per heavy atom. The van der Waals surface area contributed by atoms with E-state index >= 15 is 0 Å². The molecule has 2 saturated carbocycles. The normalized spacial score (nSPS) is 30.3. The van der Waals surface area contributed by atoms with Gasteiger partial charge in [-0.2, -0.15) is 0 Å². The van der Waals surface area contributed by atoms with Gasteiger partial charge in [-0.05, 0) is 31.1 Å². The van der Waals surface area contributed by atoms with E-state index in [1.165, 1.54) is 11.3 Å². The Balaban J connectivity index is 1.49. The number of hydrogen-bond acceptors (Lipinski definition) is 4. The number of carbonyl (C=O) groups excluding carboxylic acids is 1. The molecule has 2 bridgehead atoms. The molecular weight excluding hydrogens is 290 g/mol. The Kier molecular flexibility index (Phi) is 4.10. The zero-order valence-corrected chi connectivity index (χ0v) is 12.4. The van der Waals surface area contributed by atoms with Gasteiger partial charge in [-0.25, -0.2) is 9.78 Å². The quantitative estimate of drug-likeness (QED) is 0.768. The van der Waals surface area contributed by atoms with E-state index in [4.69, 9.17) is 0 Å². The minimum atomic E-state index is -0.782. The molecule has 21 heavy (non-hydrogen) atoms. The molecule has 2 aliphatic rings. The lowest BCUT2D eigenvalue weighted by Crippen LogP contribution is -2.50. The summed E-state index contributed by atoms with van der Waals surface area (Å²) in [6.07, 6.45) is 3.63. The fraction of sp³-hybridized carbons (Fsp3) is 0.643. The molecule has 0 spiro atoms. The maximum atomic E-state index is 11.9. The molecule has 2 amide bonds. The second-order valence-corrected chi connectivity index (χ2v) is 6.57. The van der Waals surface area contributed by atoms with Gasteiger partial charge >= 0.3 is 12.0 Å². The average molecular weight is 309 g/mol. The number of nitrogens with zero attached hydrogens (tertiary/aromatic N) is 1. The van der Waals surface area contributed by atoms with Gasteiger partial charge in [-0.1, -0.05) is 0 Å². The first-order valence-corrected chi connectivity index (χ1v) is 8.23. The Bertz CT molecular complexity index is 520. The lowest BCUT2D eigenvalue weighted by Gasteiger charge is -2.28. The van der Waals surface area contributed by atoms with Crippen molar-refractivity contribution in [3.63, 3.8) is 0 Å². The Morgan fingerprint density at radius 3 is 2.90 bits per heavy atom. The summed E-state index contributed by atoms with van der Waals surface area (Å²) in [4.78, 5) is 27.5. The summed E-state index contributed by atoms with van der Waals surface area (Å²) in [6, 6.07) is -0.491. The van der Waals surface area contributed by atoms with Gasteiger partial charge in [0, 0.05) is 24.4 Å². The zero-order chi connectivity index (χ0) is 14.8. The van der Waals surface area contributed by atoms with Gasteiger partial charge in [0.25, 0.3) is 0 Å². The van der Waals surface area contributed by atoms with Crippen LogP contribution in [0.5, 0.6) is 0 Å². The third kappa shape index (κ3) is 3.02. The van der Waals surface area contributed by atoms with Gasteiger partial charge in [0.15, 0.2) is 0 Å². The van der Waals surface area contributed by atoms with Crippen molar-refractivity contribution in [1.82, 2.24) is 15.6 Å². The molecule has 2 aliphatic carbocycles. The van der Waals surface area contributed by atoms with E-state index in [-0.39, 0.29) is 18.0 Å². The summed E-state index contributed by atoms with van der Waals surface area (Å²) in [6.45, 7) is 0.508. The molecule has 0 aliphatic heterocycles. The fourth-order valence-corrected chi connectivity index (χ4v) is 4.31. The molecule has 114 valence electrons. The van der Waals surface area contributed by atoms with E-state index in [0.717, 1.165) is 25.0 Å². The molecule has 2 fully saturated rings. The molecule has 4 unspecified atom stereocenters. The molecular formula is C14H19N3O3S. The van der Waals surface area contributed by atoms with E-state index in [1.807, 2.05) is 5.38 Å². The van der Waals surface area contributed by atoms with Crippen molar-refractivity contribution in [3.8, 4) is 0 Å².